The molecule has 5 nitrogen and oxygen atoms in total. The molecule has 0 aliphatic heterocycles. The molecule has 1 aromatic heterocycles. The number of aliphatic hydroxyl groups excluding tert-OH is 1. The van der Waals surface area contributed by atoms with Crippen LogP contribution in [0.15, 0.2) is 17.3 Å². The maximum Gasteiger partial charge on any atom is 0.238 e. The van der Waals surface area contributed by atoms with Gasteiger partial charge in [-0.15, -0.1) is 11.8 Å². The lowest BCUT2D eigenvalue weighted by Crippen LogP contribution is -2.10. The molecular formula is C8H14N4OS. The highest BCUT2D eigenvalue weighted by atomic mass is 32.2. The summed E-state index contributed by atoms with van der Waals surface area (Å²) < 4.78 is 0. The van der Waals surface area contributed by atoms with Crippen LogP contribution >= 0.6 is 11.8 Å². The molecule has 1 aromatic rings. The van der Waals surface area contributed by atoms with Crippen molar-refractivity contribution in [2.45, 2.75) is 11.9 Å². The summed E-state index contributed by atoms with van der Waals surface area (Å²) in [4.78, 5) is 8.03. The summed E-state index contributed by atoms with van der Waals surface area (Å²) in [5, 5.41) is 9.69. The first-order valence-electron chi connectivity index (χ1n) is 4.29. The quantitative estimate of drug-likeness (QED) is 0.286. The van der Waals surface area contributed by atoms with Crippen molar-refractivity contribution in [3.63, 3.8) is 0 Å². The van der Waals surface area contributed by atoms with Crippen LogP contribution in [0.4, 0.5) is 5.95 Å². The van der Waals surface area contributed by atoms with Crippen LogP contribution in [0.2, 0.25) is 0 Å². The lowest BCUT2D eigenvalue weighted by molar-refractivity contribution is 0.250. The average Bonchev–Trinajstić information content (AvgIpc) is 2.26. The van der Waals surface area contributed by atoms with E-state index in [9.17, 15) is 0 Å². The van der Waals surface area contributed by atoms with Gasteiger partial charge in [-0.3, -0.25) is 5.43 Å². The first-order valence-corrected chi connectivity index (χ1v) is 5.28. The van der Waals surface area contributed by atoms with Crippen LogP contribution < -0.4 is 11.3 Å². The zero-order valence-corrected chi connectivity index (χ0v) is 8.79. The number of hydrogen-bond acceptors (Lipinski definition) is 6. The predicted octanol–water partition coefficient (Wildman–Crippen LogP) is 0.483. The average molecular weight is 214 g/mol. The topological polar surface area (TPSA) is 84.1 Å². The van der Waals surface area contributed by atoms with E-state index in [2.05, 4.69) is 15.4 Å². The van der Waals surface area contributed by atoms with Gasteiger partial charge in [-0.1, -0.05) is 6.92 Å². The van der Waals surface area contributed by atoms with Gasteiger partial charge in [0.05, 0.1) is 0 Å². The number of aliphatic hydroxyl groups is 1. The highest BCUT2D eigenvalue weighted by Crippen LogP contribution is 2.18. The van der Waals surface area contributed by atoms with Gasteiger partial charge in [0, 0.05) is 18.6 Å². The molecule has 4 N–H and O–H groups in total. The van der Waals surface area contributed by atoms with Gasteiger partial charge in [-0.05, 0) is 12.0 Å². The monoisotopic (exact) mass is 214 g/mol. The van der Waals surface area contributed by atoms with Gasteiger partial charge in [0.1, 0.15) is 5.03 Å². The van der Waals surface area contributed by atoms with E-state index in [4.69, 9.17) is 10.9 Å². The van der Waals surface area contributed by atoms with Crippen molar-refractivity contribution >= 4 is 17.7 Å². The Kier molecular flexibility index (Phi) is 4.64. The van der Waals surface area contributed by atoms with Gasteiger partial charge >= 0.3 is 0 Å². The zero-order chi connectivity index (χ0) is 10.4. The van der Waals surface area contributed by atoms with Crippen LogP contribution in [-0.4, -0.2) is 27.4 Å². The summed E-state index contributed by atoms with van der Waals surface area (Å²) in [5.41, 5.74) is 2.38. The third-order valence-electron chi connectivity index (χ3n) is 1.59. The number of nitrogens with two attached hydrogens (primary N) is 1. The standard InChI is InChI=1S/C8H14N4OS/c1-6(4-13)5-14-7-2-3-10-8(11-7)12-9/h2-3,6,13H,4-5,9H2,1H3,(H,10,11,12). The smallest absolute Gasteiger partial charge is 0.238 e. The third kappa shape index (κ3) is 3.49. The van der Waals surface area contributed by atoms with Crippen molar-refractivity contribution < 1.29 is 5.11 Å². The fraction of sp³-hybridized carbons (Fsp3) is 0.500. The van der Waals surface area contributed by atoms with Crippen LogP contribution in [0.5, 0.6) is 0 Å². The highest BCUT2D eigenvalue weighted by molar-refractivity contribution is 7.99. The Labute approximate surface area is 87.1 Å². The van der Waals surface area contributed by atoms with Crippen LogP contribution in [-0.2, 0) is 0 Å². The Hall–Kier alpha value is -0.850. The van der Waals surface area contributed by atoms with E-state index in [0.717, 1.165) is 10.8 Å². The molecule has 0 bridgehead atoms. The number of aromatic nitrogens is 2. The van der Waals surface area contributed by atoms with Crippen molar-refractivity contribution in [3.8, 4) is 0 Å². The minimum absolute atomic E-state index is 0.195. The minimum Gasteiger partial charge on any atom is -0.396 e. The summed E-state index contributed by atoms with van der Waals surface area (Å²) in [7, 11) is 0. The van der Waals surface area contributed by atoms with Gasteiger partial charge in [-0.2, -0.15) is 0 Å². The van der Waals surface area contributed by atoms with E-state index in [1.807, 2.05) is 13.0 Å². The lowest BCUT2D eigenvalue weighted by atomic mass is 10.2. The van der Waals surface area contributed by atoms with Crippen LogP contribution in [0, 0.1) is 5.92 Å². The molecule has 78 valence electrons. The number of hydrazine groups is 1. The number of nitrogen functional groups attached to an aromatic ring is 1. The molecule has 0 fully saturated rings. The molecule has 0 aromatic carbocycles. The molecule has 0 radical (unpaired) electrons. The van der Waals surface area contributed by atoms with E-state index in [1.54, 1.807) is 18.0 Å². The SMILES string of the molecule is CC(CO)CSc1ccnc(NN)n1. The molecule has 0 spiro atoms. The Morgan fingerprint density at radius 3 is 3.14 bits per heavy atom. The summed E-state index contributed by atoms with van der Waals surface area (Å²) in [5.74, 6) is 6.68. The minimum atomic E-state index is 0.195. The van der Waals surface area contributed by atoms with Gasteiger partial charge < -0.3 is 5.11 Å². The van der Waals surface area contributed by atoms with Crippen molar-refractivity contribution in [1.29, 1.82) is 0 Å². The third-order valence-corrected chi connectivity index (χ3v) is 2.85. The molecule has 0 aliphatic carbocycles. The largest absolute Gasteiger partial charge is 0.396 e. The molecule has 0 amide bonds. The number of rotatable bonds is 5. The molecule has 1 atom stereocenters. The first-order chi connectivity index (χ1) is 6.76. The van der Waals surface area contributed by atoms with Crippen molar-refractivity contribution in [2.75, 3.05) is 17.8 Å². The fourth-order valence-corrected chi connectivity index (χ4v) is 1.64. The molecule has 0 aliphatic rings. The van der Waals surface area contributed by atoms with E-state index < -0.39 is 0 Å². The number of anilines is 1. The maximum atomic E-state index is 8.84. The zero-order valence-electron chi connectivity index (χ0n) is 7.97. The van der Waals surface area contributed by atoms with Gasteiger partial charge in [-0.25, -0.2) is 15.8 Å². The number of nitrogens with zero attached hydrogens (tertiary/aromatic N) is 2. The summed E-state index contributed by atoms with van der Waals surface area (Å²) in [6, 6.07) is 1.82. The van der Waals surface area contributed by atoms with Crippen molar-refractivity contribution in [2.24, 2.45) is 11.8 Å². The Bertz CT molecular complexity index is 284. The van der Waals surface area contributed by atoms with E-state index in [-0.39, 0.29) is 12.5 Å². The van der Waals surface area contributed by atoms with Crippen LogP contribution in [0.1, 0.15) is 6.92 Å². The number of nitrogens with one attached hydrogen (secondary N) is 1. The molecule has 1 rings (SSSR count). The second kappa shape index (κ2) is 5.79. The Morgan fingerprint density at radius 2 is 2.50 bits per heavy atom. The lowest BCUT2D eigenvalue weighted by Gasteiger charge is -2.06. The molecule has 6 heteroatoms. The molecule has 0 saturated carbocycles. The molecule has 1 heterocycles. The fourth-order valence-electron chi connectivity index (χ4n) is 0.772. The maximum absolute atomic E-state index is 8.84. The van der Waals surface area contributed by atoms with E-state index >= 15 is 0 Å². The van der Waals surface area contributed by atoms with Crippen molar-refractivity contribution in [3.05, 3.63) is 12.3 Å². The molecular weight excluding hydrogens is 200 g/mol. The summed E-state index contributed by atoms with van der Waals surface area (Å²) in [6.45, 7) is 2.18. The van der Waals surface area contributed by atoms with Crippen LogP contribution in [0.3, 0.4) is 0 Å². The normalized spacial score (nSPS) is 12.5. The van der Waals surface area contributed by atoms with E-state index in [1.165, 1.54) is 0 Å². The second-order valence-electron chi connectivity index (χ2n) is 2.96. The first kappa shape index (κ1) is 11.2. The Morgan fingerprint density at radius 1 is 1.71 bits per heavy atom. The number of hydrogen-bond donors (Lipinski definition) is 3. The summed E-state index contributed by atoms with van der Waals surface area (Å²) >= 11 is 1.58. The molecule has 0 saturated heterocycles. The summed E-state index contributed by atoms with van der Waals surface area (Å²) in [6.07, 6.45) is 1.65. The van der Waals surface area contributed by atoms with E-state index in [0.29, 0.717) is 5.95 Å². The Balaban J connectivity index is 2.50. The number of thioether (sulfide) groups is 1. The van der Waals surface area contributed by atoms with Gasteiger partial charge in [0.2, 0.25) is 5.95 Å². The van der Waals surface area contributed by atoms with Crippen molar-refractivity contribution in [1.82, 2.24) is 9.97 Å². The highest BCUT2D eigenvalue weighted by Gasteiger charge is 2.03. The predicted molar refractivity (Wildman–Crippen MR) is 56.8 cm³/mol. The van der Waals surface area contributed by atoms with Crippen LogP contribution in [0.25, 0.3) is 0 Å². The second-order valence-corrected chi connectivity index (χ2v) is 4.00. The molecule has 1 unspecified atom stereocenters. The molecule has 14 heavy (non-hydrogen) atoms. The van der Waals surface area contributed by atoms with Gasteiger partial charge in [0.15, 0.2) is 0 Å². The van der Waals surface area contributed by atoms with Gasteiger partial charge in [0.25, 0.3) is 0 Å².